The number of nitrogens with zero attached hydrogens (tertiary/aromatic N) is 3. The van der Waals surface area contributed by atoms with E-state index in [1.807, 2.05) is 0 Å². The number of hydrogen-bond donors (Lipinski definition) is 1. The molecule has 20 heavy (non-hydrogen) atoms. The number of aliphatic hydroxyl groups excluding tert-OH is 1. The van der Waals surface area contributed by atoms with Gasteiger partial charge in [0.25, 0.3) is 0 Å². The van der Waals surface area contributed by atoms with E-state index in [9.17, 15) is 5.11 Å². The maximum absolute atomic E-state index is 10.1. The lowest BCUT2D eigenvalue weighted by molar-refractivity contribution is 0.133. The van der Waals surface area contributed by atoms with Gasteiger partial charge >= 0.3 is 0 Å². The molecule has 108 valence electrons. The van der Waals surface area contributed by atoms with Crippen LogP contribution in [0.15, 0.2) is 6.33 Å². The molecule has 3 unspecified atom stereocenters. The van der Waals surface area contributed by atoms with E-state index in [1.54, 1.807) is 6.33 Å². The molecule has 3 atom stereocenters. The fraction of sp³-hybridized carbons (Fsp3) is 0.750. The maximum atomic E-state index is 10.1. The summed E-state index contributed by atoms with van der Waals surface area (Å²) in [6.45, 7) is 2.06. The Kier molecular flexibility index (Phi) is 3.14. The second-order valence-corrected chi connectivity index (χ2v) is 6.66. The number of aromatic nitrogens is 2. The second kappa shape index (κ2) is 4.99. The van der Waals surface area contributed by atoms with Crippen molar-refractivity contribution >= 4 is 5.82 Å². The number of anilines is 1. The standard InChI is InChI=1S/C16H23N3O/c20-15-7-6-11-8-19(9-13(11)15)16-12-4-2-1-3-5-14(12)17-10-18-16/h10-11,13,15,20H,1-9H2. The minimum absolute atomic E-state index is 0.0922. The molecule has 2 heterocycles. The number of aliphatic hydroxyl groups is 1. The molecule has 4 heteroatoms. The molecule has 4 nitrogen and oxygen atoms in total. The molecule has 1 aliphatic heterocycles. The zero-order chi connectivity index (χ0) is 13.5. The molecule has 0 radical (unpaired) electrons. The molecule has 2 aliphatic carbocycles. The molecule has 1 aromatic rings. The Hall–Kier alpha value is -1.16. The van der Waals surface area contributed by atoms with Crippen molar-refractivity contribution in [2.75, 3.05) is 18.0 Å². The molecule has 1 N–H and O–H groups in total. The van der Waals surface area contributed by atoms with Crippen LogP contribution in [0.4, 0.5) is 5.82 Å². The Morgan fingerprint density at radius 3 is 2.85 bits per heavy atom. The van der Waals surface area contributed by atoms with Gasteiger partial charge in [-0.2, -0.15) is 0 Å². The first-order valence-corrected chi connectivity index (χ1v) is 8.08. The molecule has 1 aromatic heterocycles. The van der Waals surface area contributed by atoms with Gasteiger partial charge in [0.2, 0.25) is 0 Å². The van der Waals surface area contributed by atoms with E-state index in [0.29, 0.717) is 11.8 Å². The number of hydrogen-bond acceptors (Lipinski definition) is 4. The van der Waals surface area contributed by atoms with Crippen LogP contribution in [0.2, 0.25) is 0 Å². The topological polar surface area (TPSA) is 49.2 Å². The van der Waals surface area contributed by atoms with Gasteiger partial charge in [-0.25, -0.2) is 9.97 Å². The molecule has 0 bridgehead atoms. The fourth-order valence-corrected chi connectivity index (χ4v) is 4.36. The van der Waals surface area contributed by atoms with E-state index in [0.717, 1.165) is 32.4 Å². The van der Waals surface area contributed by atoms with Crippen molar-refractivity contribution < 1.29 is 5.11 Å². The van der Waals surface area contributed by atoms with Gasteiger partial charge in [-0.1, -0.05) is 6.42 Å². The van der Waals surface area contributed by atoms with Gasteiger partial charge in [-0.3, -0.25) is 0 Å². The minimum Gasteiger partial charge on any atom is -0.393 e. The SMILES string of the molecule is OC1CCC2CN(c3ncnc4c3CCCCC4)CC12. The van der Waals surface area contributed by atoms with Crippen LogP contribution >= 0.6 is 0 Å². The van der Waals surface area contributed by atoms with Crippen LogP contribution in [0.3, 0.4) is 0 Å². The van der Waals surface area contributed by atoms with Crippen LogP contribution in [-0.4, -0.2) is 34.3 Å². The van der Waals surface area contributed by atoms with Gasteiger partial charge in [-0.05, 0) is 44.4 Å². The summed E-state index contributed by atoms with van der Waals surface area (Å²) in [7, 11) is 0. The highest BCUT2D eigenvalue weighted by molar-refractivity contribution is 5.50. The predicted molar refractivity (Wildman–Crippen MR) is 77.7 cm³/mol. The molecule has 3 aliphatic rings. The predicted octanol–water partition coefficient (Wildman–Crippen LogP) is 1.95. The monoisotopic (exact) mass is 273 g/mol. The van der Waals surface area contributed by atoms with E-state index in [4.69, 9.17) is 0 Å². The highest BCUT2D eigenvalue weighted by atomic mass is 16.3. The van der Waals surface area contributed by atoms with E-state index in [1.165, 1.54) is 42.8 Å². The van der Waals surface area contributed by atoms with Crippen molar-refractivity contribution in [1.29, 1.82) is 0 Å². The number of fused-ring (bicyclic) bond motifs is 2. The summed E-state index contributed by atoms with van der Waals surface area (Å²) in [6, 6.07) is 0. The van der Waals surface area contributed by atoms with Crippen LogP contribution in [0.5, 0.6) is 0 Å². The van der Waals surface area contributed by atoms with Crippen LogP contribution < -0.4 is 4.90 Å². The third kappa shape index (κ3) is 2.01. The normalized spacial score (nSPS) is 32.9. The zero-order valence-corrected chi connectivity index (χ0v) is 12.0. The lowest BCUT2D eigenvalue weighted by atomic mass is 10.00. The van der Waals surface area contributed by atoms with Crippen molar-refractivity contribution in [1.82, 2.24) is 9.97 Å². The fourth-order valence-electron chi connectivity index (χ4n) is 4.36. The Balaban J connectivity index is 1.63. The van der Waals surface area contributed by atoms with E-state index in [-0.39, 0.29) is 6.10 Å². The first-order valence-electron chi connectivity index (χ1n) is 8.08. The molecule has 0 aromatic carbocycles. The van der Waals surface area contributed by atoms with Crippen molar-refractivity contribution in [2.45, 2.75) is 51.0 Å². The molecule has 4 rings (SSSR count). The summed E-state index contributed by atoms with van der Waals surface area (Å²) >= 11 is 0. The highest BCUT2D eigenvalue weighted by Crippen LogP contribution is 2.40. The summed E-state index contributed by atoms with van der Waals surface area (Å²) in [5.74, 6) is 2.30. The number of rotatable bonds is 1. The molecule has 1 saturated carbocycles. The lowest BCUT2D eigenvalue weighted by Gasteiger charge is -2.22. The highest BCUT2D eigenvalue weighted by Gasteiger charge is 2.42. The van der Waals surface area contributed by atoms with E-state index in [2.05, 4.69) is 14.9 Å². The molecule has 0 spiro atoms. The number of aryl methyl sites for hydroxylation is 1. The maximum Gasteiger partial charge on any atom is 0.135 e. The van der Waals surface area contributed by atoms with Crippen LogP contribution in [0.25, 0.3) is 0 Å². The van der Waals surface area contributed by atoms with E-state index >= 15 is 0 Å². The minimum atomic E-state index is -0.0922. The Morgan fingerprint density at radius 1 is 1.05 bits per heavy atom. The third-order valence-electron chi connectivity index (χ3n) is 5.47. The van der Waals surface area contributed by atoms with Crippen molar-refractivity contribution in [3.63, 3.8) is 0 Å². The molecule has 0 amide bonds. The largest absolute Gasteiger partial charge is 0.393 e. The first-order chi connectivity index (χ1) is 9.83. The average Bonchev–Trinajstić information content (AvgIpc) is 2.92. The van der Waals surface area contributed by atoms with Crippen LogP contribution in [-0.2, 0) is 12.8 Å². The molecule has 2 fully saturated rings. The van der Waals surface area contributed by atoms with Crippen molar-refractivity contribution in [3.8, 4) is 0 Å². The quantitative estimate of drug-likeness (QED) is 0.795. The summed E-state index contributed by atoms with van der Waals surface area (Å²) in [6.07, 6.45) is 9.87. The van der Waals surface area contributed by atoms with Gasteiger partial charge in [0, 0.05) is 30.3 Å². The molecule has 1 saturated heterocycles. The smallest absolute Gasteiger partial charge is 0.135 e. The van der Waals surface area contributed by atoms with Gasteiger partial charge in [0.1, 0.15) is 12.1 Å². The van der Waals surface area contributed by atoms with Gasteiger partial charge in [0.05, 0.1) is 6.10 Å². The molecular formula is C16H23N3O. The first kappa shape index (κ1) is 12.6. The Labute approximate surface area is 120 Å². The Morgan fingerprint density at radius 2 is 1.95 bits per heavy atom. The molecular weight excluding hydrogens is 250 g/mol. The van der Waals surface area contributed by atoms with E-state index < -0.39 is 0 Å². The van der Waals surface area contributed by atoms with Gasteiger partial charge in [-0.15, -0.1) is 0 Å². The van der Waals surface area contributed by atoms with Crippen LogP contribution in [0, 0.1) is 11.8 Å². The van der Waals surface area contributed by atoms with Crippen molar-refractivity contribution in [3.05, 3.63) is 17.6 Å². The van der Waals surface area contributed by atoms with Crippen LogP contribution in [0.1, 0.15) is 43.4 Å². The Bertz CT molecular complexity index is 504. The average molecular weight is 273 g/mol. The zero-order valence-electron chi connectivity index (χ0n) is 12.0. The second-order valence-electron chi connectivity index (χ2n) is 6.66. The summed E-state index contributed by atoms with van der Waals surface area (Å²) in [5.41, 5.74) is 2.66. The van der Waals surface area contributed by atoms with Gasteiger partial charge < -0.3 is 10.0 Å². The third-order valence-corrected chi connectivity index (χ3v) is 5.47. The van der Waals surface area contributed by atoms with Crippen molar-refractivity contribution in [2.24, 2.45) is 11.8 Å². The van der Waals surface area contributed by atoms with Gasteiger partial charge in [0.15, 0.2) is 0 Å². The summed E-state index contributed by atoms with van der Waals surface area (Å²) in [5, 5.41) is 10.1. The summed E-state index contributed by atoms with van der Waals surface area (Å²) < 4.78 is 0. The summed E-state index contributed by atoms with van der Waals surface area (Å²) in [4.78, 5) is 11.5. The lowest BCUT2D eigenvalue weighted by Crippen LogP contribution is -2.26.